The van der Waals surface area contributed by atoms with Gasteiger partial charge in [0.25, 0.3) is 0 Å². The van der Waals surface area contributed by atoms with Gasteiger partial charge in [0, 0.05) is 20.0 Å². The average molecular weight is 360 g/mol. The van der Waals surface area contributed by atoms with Gasteiger partial charge in [0.2, 0.25) is 5.91 Å². The summed E-state index contributed by atoms with van der Waals surface area (Å²) in [4.78, 5) is 38.0. The molecule has 26 heavy (non-hydrogen) atoms. The fraction of sp³-hybridized carbons (Fsp3) is 0.526. The van der Waals surface area contributed by atoms with Gasteiger partial charge >= 0.3 is 11.9 Å². The summed E-state index contributed by atoms with van der Waals surface area (Å²) in [6.07, 6.45) is 2.27. The number of aromatic carboxylic acids is 1. The van der Waals surface area contributed by atoms with Gasteiger partial charge in [0.15, 0.2) is 0 Å². The number of hydrogen-bond acceptors (Lipinski definition) is 4. The molecule has 0 aromatic heterocycles. The highest BCUT2D eigenvalue weighted by Crippen LogP contribution is 2.43. The highest BCUT2D eigenvalue weighted by molar-refractivity contribution is 5.87. The first kappa shape index (κ1) is 18.4. The van der Waals surface area contributed by atoms with Crippen LogP contribution >= 0.6 is 0 Å². The largest absolute Gasteiger partial charge is 0.480 e. The van der Waals surface area contributed by atoms with Crippen molar-refractivity contribution in [2.75, 3.05) is 19.6 Å². The Hall–Kier alpha value is -2.41. The van der Waals surface area contributed by atoms with Crippen LogP contribution in [0.5, 0.6) is 0 Å². The standard InChI is InChI=1S/C19H24N2O5/c1-13(22)21-12-19(10-16(21)18(25)26)6-8-20(9-7-19)11-14-2-4-15(5-3-14)17(23)24/h2-5,16H,6-12H2,1H3,(H,23,24)(H,25,26)/t16-/m0/s1. The van der Waals surface area contributed by atoms with Crippen LogP contribution in [0.15, 0.2) is 24.3 Å². The number of hydrogen-bond donors (Lipinski definition) is 2. The number of carboxylic acids is 2. The average Bonchev–Trinajstić information content (AvgIpc) is 2.98. The van der Waals surface area contributed by atoms with Crippen LogP contribution in [0.1, 0.15) is 42.1 Å². The zero-order valence-corrected chi connectivity index (χ0v) is 14.9. The first-order valence-electron chi connectivity index (χ1n) is 8.84. The van der Waals surface area contributed by atoms with E-state index < -0.39 is 18.0 Å². The second-order valence-electron chi connectivity index (χ2n) is 7.48. The first-order chi connectivity index (χ1) is 12.3. The van der Waals surface area contributed by atoms with E-state index in [0.717, 1.165) is 38.0 Å². The molecule has 2 aliphatic rings. The SMILES string of the molecule is CC(=O)N1CC2(CCN(Cc3ccc(C(=O)O)cc3)CC2)C[C@H]1C(=O)O. The summed E-state index contributed by atoms with van der Waals surface area (Å²) < 4.78 is 0. The molecule has 1 atom stereocenters. The predicted molar refractivity (Wildman–Crippen MR) is 93.8 cm³/mol. The maximum atomic E-state index is 11.8. The van der Waals surface area contributed by atoms with Gasteiger partial charge in [-0.15, -0.1) is 0 Å². The van der Waals surface area contributed by atoms with E-state index in [-0.39, 0.29) is 16.9 Å². The van der Waals surface area contributed by atoms with E-state index in [0.29, 0.717) is 13.0 Å². The lowest BCUT2D eigenvalue weighted by atomic mass is 9.76. The number of amides is 1. The highest BCUT2D eigenvalue weighted by atomic mass is 16.4. The molecule has 1 spiro atoms. The van der Waals surface area contributed by atoms with E-state index in [2.05, 4.69) is 4.90 Å². The molecule has 1 aromatic rings. The molecule has 0 aliphatic carbocycles. The Kier molecular flexibility index (Phi) is 5.00. The van der Waals surface area contributed by atoms with Gasteiger partial charge in [0.05, 0.1) is 5.56 Å². The predicted octanol–water partition coefficient (Wildman–Crippen LogP) is 1.67. The van der Waals surface area contributed by atoms with Crippen LogP contribution in [0.3, 0.4) is 0 Å². The monoisotopic (exact) mass is 360 g/mol. The molecule has 140 valence electrons. The molecule has 0 bridgehead atoms. The number of rotatable bonds is 4. The normalized spacial score (nSPS) is 22.5. The first-order valence-corrected chi connectivity index (χ1v) is 8.84. The molecular weight excluding hydrogens is 336 g/mol. The van der Waals surface area contributed by atoms with E-state index in [4.69, 9.17) is 5.11 Å². The number of piperidine rings is 1. The number of benzene rings is 1. The van der Waals surface area contributed by atoms with Crippen LogP contribution in [0.4, 0.5) is 0 Å². The zero-order chi connectivity index (χ0) is 18.9. The number of carboxylic acid groups (broad SMARTS) is 2. The van der Waals surface area contributed by atoms with Crippen LogP contribution in [0.25, 0.3) is 0 Å². The van der Waals surface area contributed by atoms with Crippen molar-refractivity contribution in [1.29, 1.82) is 0 Å². The molecule has 0 saturated carbocycles. The van der Waals surface area contributed by atoms with Crippen molar-refractivity contribution < 1.29 is 24.6 Å². The molecule has 7 nitrogen and oxygen atoms in total. The summed E-state index contributed by atoms with van der Waals surface area (Å²) in [6.45, 7) is 4.40. The van der Waals surface area contributed by atoms with Gasteiger partial charge in [-0.25, -0.2) is 9.59 Å². The van der Waals surface area contributed by atoms with Gasteiger partial charge in [-0.05, 0) is 55.5 Å². The van der Waals surface area contributed by atoms with E-state index in [9.17, 15) is 19.5 Å². The number of nitrogens with zero attached hydrogens (tertiary/aromatic N) is 2. The fourth-order valence-corrected chi connectivity index (χ4v) is 4.17. The Balaban J connectivity index is 1.59. The molecule has 1 aromatic carbocycles. The fourth-order valence-electron chi connectivity index (χ4n) is 4.17. The summed E-state index contributed by atoms with van der Waals surface area (Å²) in [5, 5.41) is 18.4. The zero-order valence-electron chi connectivity index (χ0n) is 14.9. The number of carbonyl (C=O) groups excluding carboxylic acids is 1. The van der Waals surface area contributed by atoms with Crippen molar-refractivity contribution in [2.45, 2.75) is 38.8 Å². The van der Waals surface area contributed by atoms with Gasteiger partial charge in [-0.3, -0.25) is 9.69 Å². The van der Waals surface area contributed by atoms with Gasteiger partial charge < -0.3 is 15.1 Å². The molecule has 2 aliphatic heterocycles. The second kappa shape index (κ2) is 7.07. The molecule has 2 N–H and O–H groups in total. The van der Waals surface area contributed by atoms with Crippen LogP contribution in [-0.4, -0.2) is 63.5 Å². The van der Waals surface area contributed by atoms with E-state index in [1.165, 1.54) is 11.8 Å². The lowest BCUT2D eigenvalue weighted by Gasteiger charge is -2.39. The number of aliphatic carboxylic acids is 1. The third kappa shape index (κ3) is 3.72. The third-order valence-electron chi connectivity index (χ3n) is 5.72. The Morgan fingerprint density at radius 2 is 1.73 bits per heavy atom. The highest BCUT2D eigenvalue weighted by Gasteiger charge is 2.48. The van der Waals surface area contributed by atoms with Crippen LogP contribution in [0.2, 0.25) is 0 Å². The van der Waals surface area contributed by atoms with Crippen molar-refractivity contribution in [3.8, 4) is 0 Å². The minimum absolute atomic E-state index is 0.0988. The van der Waals surface area contributed by atoms with E-state index in [1.54, 1.807) is 12.1 Å². The van der Waals surface area contributed by atoms with Crippen LogP contribution in [0, 0.1) is 5.41 Å². The van der Waals surface area contributed by atoms with Crippen molar-refractivity contribution in [3.63, 3.8) is 0 Å². The Bertz CT molecular complexity index is 683. The minimum atomic E-state index is -0.930. The minimum Gasteiger partial charge on any atom is -0.480 e. The quantitative estimate of drug-likeness (QED) is 0.848. The Morgan fingerprint density at radius 1 is 1.12 bits per heavy atom. The molecule has 2 saturated heterocycles. The maximum Gasteiger partial charge on any atom is 0.335 e. The molecule has 2 fully saturated rings. The van der Waals surface area contributed by atoms with E-state index >= 15 is 0 Å². The summed E-state index contributed by atoms with van der Waals surface area (Å²) in [7, 11) is 0. The second-order valence-corrected chi connectivity index (χ2v) is 7.48. The number of likely N-dealkylation sites (tertiary alicyclic amines) is 2. The van der Waals surface area contributed by atoms with Crippen molar-refractivity contribution in [3.05, 3.63) is 35.4 Å². The number of carbonyl (C=O) groups is 3. The van der Waals surface area contributed by atoms with Gasteiger partial charge in [-0.1, -0.05) is 12.1 Å². The topological polar surface area (TPSA) is 98.2 Å². The van der Waals surface area contributed by atoms with Gasteiger partial charge in [0.1, 0.15) is 6.04 Å². The molecule has 1 amide bonds. The third-order valence-corrected chi connectivity index (χ3v) is 5.72. The summed E-state index contributed by atoms with van der Waals surface area (Å²) in [5.41, 5.74) is 1.24. The molecular formula is C19H24N2O5. The van der Waals surface area contributed by atoms with Crippen LogP contribution < -0.4 is 0 Å². The summed E-state index contributed by atoms with van der Waals surface area (Å²) in [5.74, 6) is -2.02. The Labute approximate surface area is 152 Å². The van der Waals surface area contributed by atoms with Crippen molar-refractivity contribution >= 4 is 17.8 Å². The van der Waals surface area contributed by atoms with Crippen molar-refractivity contribution in [1.82, 2.24) is 9.80 Å². The molecule has 3 rings (SSSR count). The molecule has 0 radical (unpaired) electrons. The molecule has 7 heteroatoms. The molecule has 0 unspecified atom stereocenters. The lowest BCUT2D eigenvalue weighted by molar-refractivity contribution is -0.147. The summed E-state index contributed by atoms with van der Waals surface area (Å²) >= 11 is 0. The van der Waals surface area contributed by atoms with Gasteiger partial charge in [-0.2, -0.15) is 0 Å². The smallest absolute Gasteiger partial charge is 0.335 e. The Morgan fingerprint density at radius 3 is 2.19 bits per heavy atom. The molecule has 2 heterocycles. The van der Waals surface area contributed by atoms with Crippen molar-refractivity contribution in [2.24, 2.45) is 5.41 Å². The lowest BCUT2D eigenvalue weighted by Crippen LogP contribution is -2.42. The van der Waals surface area contributed by atoms with E-state index in [1.807, 2.05) is 12.1 Å². The maximum absolute atomic E-state index is 11.8. The summed E-state index contributed by atoms with van der Waals surface area (Å²) in [6, 6.07) is 6.19. The van der Waals surface area contributed by atoms with Crippen LogP contribution in [-0.2, 0) is 16.1 Å².